The Labute approximate surface area is 120 Å². The van der Waals surface area contributed by atoms with E-state index in [1.165, 1.54) is 0 Å². The highest BCUT2D eigenvalue weighted by molar-refractivity contribution is 5.69. The van der Waals surface area contributed by atoms with E-state index in [0.29, 0.717) is 6.42 Å². The van der Waals surface area contributed by atoms with Crippen molar-refractivity contribution in [3.05, 3.63) is 59.2 Å². The fourth-order valence-corrected chi connectivity index (χ4v) is 2.05. The lowest BCUT2D eigenvalue weighted by molar-refractivity contribution is 0.0672. The zero-order valence-electron chi connectivity index (χ0n) is 12.6. The van der Waals surface area contributed by atoms with E-state index in [1.807, 2.05) is 39.0 Å². The van der Waals surface area contributed by atoms with Crippen LogP contribution in [-0.4, -0.2) is 5.92 Å². The molecule has 1 rings (SSSR count). The lowest BCUT2D eigenvalue weighted by Gasteiger charge is -2.14. The van der Waals surface area contributed by atoms with E-state index in [1.54, 1.807) is 18.2 Å². The molecule has 20 heavy (non-hydrogen) atoms. The van der Waals surface area contributed by atoms with E-state index < -0.39 is 5.92 Å². The fourth-order valence-electron chi connectivity index (χ4n) is 2.05. The van der Waals surface area contributed by atoms with E-state index in [2.05, 4.69) is 6.58 Å². The van der Waals surface area contributed by atoms with Gasteiger partial charge in [0.05, 0.1) is 0 Å². The topological polar surface area (TPSA) is 0 Å². The number of benzene rings is 1. The van der Waals surface area contributed by atoms with Crippen molar-refractivity contribution < 1.29 is 8.78 Å². The minimum atomic E-state index is -2.81. The Hall–Kier alpha value is -1.70. The Kier molecular flexibility index (Phi) is 5.43. The van der Waals surface area contributed by atoms with Gasteiger partial charge < -0.3 is 0 Å². The summed E-state index contributed by atoms with van der Waals surface area (Å²) in [6.45, 7) is 10.4. The first kappa shape index (κ1) is 16.4. The maximum absolute atomic E-state index is 13.5. The molecule has 0 N–H and O–H groups in total. The minimum Gasteiger partial charge on any atom is -0.202 e. The number of allylic oxidation sites excluding steroid dienone is 4. The van der Waals surface area contributed by atoms with Crippen LogP contribution in [0.5, 0.6) is 0 Å². The van der Waals surface area contributed by atoms with Crippen LogP contribution in [0, 0.1) is 6.92 Å². The zero-order chi connectivity index (χ0) is 15.3. The Morgan fingerprint density at radius 2 is 2.00 bits per heavy atom. The van der Waals surface area contributed by atoms with Gasteiger partial charge in [0, 0.05) is 12.5 Å². The number of aryl methyl sites for hydroxylation is 1. The number of halogens is 2. The molecule has 0 spiro atoms. The molecule has 0 heterocycles. The van der Waals surface area contributed by atoms with Gasteiger partial charge in [0.15, 0.2) is 0 Å². The summed E-state index contributed by atoms with van der Waals surface area (Å²) >= 11 is 0. The molecule has 0 nitrogen and oxygen atoms in total. The quantitative estimate of drug-likeness (QED) is 0.576. The molecule has 0 radical (unpaired) electrons. The first-order chi connectivity index (χ1) is 9.29. The monoisotopic (exact) mass is 276 g/mol. The van der Waals surface area contributed by atoms with Gasteiger partial charge in [-0.1, -0.05) is 43.9 Å². The Morgan fingerprint density at radius 3 is 2.45 bits per heavy atom. The molecule has 108 valence electrons. The predicted molar refractivity (Wildman–Crippen MR) is 83.9 cm³/mol. The molecule has 0 atom stereocenters. The largest absolute Gasteiger partial charge is 0.270 e. The molecule has 2 heteroatoms. The summed E-state index contributed by atoms with van der Waals surface area (Å²) in [4.78, 5) is 0. The molecule has 0 saturated heterocycles. The van der Waals surface area contributed by atoms with Crippen LogP contribution in [0.4, 0.5) is 8.78 Å². The van der Waals surface area contributed by atoms with Crippen molar-refractivity contribution in [1.29, 1.82) is 0 Å². The lowest BCUT2D eigenvalue weighted by Crippen LogP contribution is -2.12. The van der Waals surface area contributed by atoms with Crippen molar-refractivity contribution in [2.45, 2.75) is 40.0 Å². The highest BCUT2D eigenvalue weighted by Crippen LogP contribution is 2.28. The molecule has 1 aromatic rings. The van der Waals surface area contributed by atoms with Crippen LogP contribution in [-0.2, 0) is 0 Å². The molecule has 0 unspecified atom stereocenters. The second kappa shape index (κ2) is 6.65. The second-order valence-corrected chi connectivity index (χ2v) is 5.06. The SMILES string of the molecule is C=Cc1ccc(/C(C)=C/C(=C\CC)C(C)(F)F)cc1C. The van der Waals surface area contributed by atoms with Gasteiger partial charge in [0.25, 0.3) is 5.92 Å². The molecule has 0 aromatic heterocycles. The van der Waals surface area contributed by atoms with Crippen LogP contribution in [0.15, 0.2) is 42.5 Å². The summed E-state index contributed by atoms with van der Waals surface area (Å²) in [5.74, 6) is -2.81. The van der Waals surface area contributed by atoms with Gasteiger partial charge in [-0.05, 0) is 48.6 Å². The van der Waals surface area contributed by atoms with Gasteiger partial charge in [-0.15, -0.1) is 0 Å². The molecule has 0 saturated carbocycles. The Balaban J connectivity index is 3.19. The standard InChI is InChI=1S/C18H22F2/c1-6-8-17(18(5,19)20)12-14(4)16-10-9-15(7-2)13(3)11-16/h7-12H,2,6H2,1,3-5H3/b14-12+,17-8+. The Bertz CT molecular complexity index is 543. The molecule has 0 fully saturated rings. The van der Waals surface area contributed by atoms with Gasteiger partial charge in [-0.2, -0.15) is 0 Å². The van der Waals surface area contributed by atoms with E-state index in [0.717, 1.165) is 29.2 Å². The number of hydrogen-bond donors (Lipinski definition) is 0. The van der Waals surface area contributed by atoms with Crippen molar-refractivity contribution in [1.82, 2.24) is 0 Å². The van der Waals surface area contributed by atoms with Crippen LogP contribution < -0.4 is 0 Å². The molecule has 0 aliphatic heterocycles. The van der Waals surface area contributed by atoms with E-state index in [9.17, 15) is 8.78 Å². The van der Waals surface area contributed by atoms with Gasteiger partial charge >= 0.3 is 0 Å². The molecule has 0 amide bonds. The number of alkyl halides is 2. The van der Waals surface area contributed by atoms with Crippen molar-refractivity contribution in [3.8, 4) is 0 Å². The van der Waals surface area contributed by atoms with E-state index >= 15 is 0 Å². The van der Waals surface area contributed by atoms with Crippen LogP contribution in [0.1, 0.15) is 43.9 Å². The van der Waals surface area contributed by atoms with Crippen molar-refractivity contribution in [3.63, 3.8) is 0 Å². The first-order valence-electron chi connectivity index (χ1n) is 6.79. The van der Waals surface area contributed by atoms with Crippen molar-refractivity contribution in [2.24, 2.45) is 0 Å². The van der Waals surface area contributed by atoms with Gasteiger partial charge in [-0.25, -0.2) is 8.78 Å². The molecule has 1 aromatic carbocycles. The molecular formula is C18H22F2. The third kappa shape index (κ3) is 4.16. The zero-order valence-corrected chi connectivity index (χ0v) is 12.6. The molecule has 0 aliphatic carbocycles. The average Bonchev–Trinajstić information content (AvgIpc) is 2.36. The van der Waals surface area contributed by atoms with Crippen LogP contribution in [0.2, 0.25) is 0 Å². The highest BCUT2D eigenvalue weighted by Gasteiger charge is 2.25. The summed E-state index contributed by atoms with van der Waals surface area (Å²) in [6, 6.07) is 5.90. The van der Waals surface area contributed by atoms with E-state index in [-0.39, 0.29) is 5.57 Å². The summed E-state index contributed by atoms with van der Waals surface area (Å²) in [6.07, 6.45) is 5.54. The number of hydrogen-bond acceptors (Lipinski definition) is 0. The smallest absolute Gasteiger partial charge is 0.202 e. The minimum absolute atomic E-state index is 0.0722. The van der Waals surface area contributed by atoms with E-state index in [4.69, 9.17) is 0 Å². The normalized spacial score (nSPS) is 13.5. The third-order valence-electron chi connectivity index (χ3n) is 3.25. The highest BCUT2D eigenvalue weighted by atomic mass is 19.3. The third-order valence-corrected chi connectivity index (χ3v) is 3.25. The van der Waals surface area contributed by atoms with Gasteiger partial charge in [-0.3, -0.25) is 0 Å². The maximum atomic E-state index is 13.5. The van der Waals surface area contributed by atoms with Gasteiger partial charge in [0.2, 0.25) is 0 Å². The molecule has 0 bridgehead atoms. The van der Waals surface area contributed by atoms with Crippen LogP contribution >= 0.6 is 0 Å². The fraction of sp³-hybridized carbons (Fsp3) is 0.333. The summed E-state index contributed by atoms with van der Waals surface area (Å²) < 4.78 is 27.0. The van der Waals surface area contributed by atoms with Crippen molar-refractivity contribution >= 4 is 11.6 Å². The lowest BCUT2D eigenvalue weighted by atomic mass is 9.97. The summed E-state index contributed by atoms with van der Waals surface area (Å²) in [5, 5.41) is 0. The average molecular weight is 276 g/mol. The van der Waals surface area contributed by atoms with Crippen LogP contribution in [0.25, 0.3) is 11.6 Å². The van der Waals surface area contributed by atoms with Gasteiger partial charge in [0.1, 0.15) is 0 Å². The summed E-state index contributed by atoms with van der Waals surface area (Å²) in [7, 11) is 0. The first-order valence-corrected chi connectivity index (χ1v) is 6.79. The predicted octanol–water partition coefficient (Wildman–Crippen LogP) is 6.03. The molecular weight excluding hydrogens is 254 g/mol. The van der Waals surface area contributed by atoms with Crippen molar-refractivity contribution in [2.75, 3.05) is 0 Å². The second-order valence-electron chi connectivity index (χ2n) is 5.06. The summed E-state index contributed by atoms with van der Waals surface area (Å²) in [5.41, 5.74) is 4.02. The maximum Gasteiger partial charge on any atom is 0.270 e. The Morgan fingerprint density at radius 1 is 1.35 bits per heavy atom. The van der Waals surface area contributed by atoms with Crippen LogP contribution in [0.3, 0.4) is 0 Å². The number of rotatable bonds is 5. The molecule has 0 aliphatic rings.